The predicted molar refractivity (Wildman–Crippen MR) is 90.1 cm³/mol. The van der Waals surface area contributed by atoms with Gasteiger partial charge in [-0.1, -0.05) is 24.3 Å². The number of rotatable bonds is 6. The third kappa shape index (κ3) is 4.19. The summed E-state index contributed by atoms with van der Waals surface area (Å²) in [6.45, 7) is 3.01. The molecule has 1 atom stereocenters. The zero-order chi connectivity index (χ0) is 17.7. The second kappa shape index (κ2) is 7.41. The molecule has 0 aliphatic rings. The second-order valence-electron chi connectivity index (χ2n) is 5.25. The highest BCUT2D eigenvalue weighted by Gasteiger charge is 2.18. The SMILES string of the molecule is CC(=O)c1cccc(NC(=O)C(C)Oc2ccccc2C(N)=O)c1. The summed E-state index contributed by atoms with van der Waals surface area (Å²) in [5.41, 5.74) is 6.48. The fourth-order valence-electron chi connectivity index (χ4n) is 2.08. The number of amides is 2. The molecule has 6 heteroatoms. The molecule has 0 spiro atoms. The number of ether oxygens (including phenoxy) is 1. The normalized spacial score (nSPS) is 11.4. The van der Waals surface area contributed by atoms with Gasteiger partial charge in [-0.2, -0.15) is 0 Å². The monoisotopic (exact) mass is 326 g/mol. The number of primary amides is 1. The second-order valence-corrected chi connectivity index (χ2v) is 5.25. The third-order valence-corrected chi connectivity index (χ3v) is 3.36. The molecule has 2 rings (SSSR count). The molecule has 124 valence electrons. The molecule has 0 aromatic heterocycles. The lowest BCUT2D eigenvalue weighted by Gasteiger charge is -2.16. The summed E-state index contributed by atoms with van der Waals surface area (Å²) in [4.78, 5) is 35.0. The van der Waals surface area contributed by atoms with Gasteiger partial charge in [0.05, 0.1) is 5.56 Å². The maximum absolute atomic E-state index is 12.2. The number of hydrogen-bond donors (Lipinski definition) is 2. The molecule has 2 aromatic rings. The van der Waals surface area contributed by atoms with Gasteiger partial charge in [-0.25, -0.2) is 0 Å². The summed E-state index contributed by atoms with van der Waals surface area (Å²) in [5.74, 6) is -0.890. The van der Waals surface area contributed by atoms with Gasteiger partial charge in [0, 0.05) is 11.3 Å². The number of carbonyl (C=O) groups is 3. The van der Waals surface area contributed by atoms with Crippen LogP contribution in [0.1, 0.15) is 34.6 Å². The summed E-state index contributed by atoms with van der Waals surface area (Å²) in [7, 11) is 0. The average Bonchev–Trinajstić information content (AvgIpc) is 2.55. The Labute approximate surface area is 139 Å². The van der Waals surface area contributed by atoms with Crippen molar-refractivity contribution in [1.29, 1.82) is 0 Å². The molecule has 0 bridgehead atoms. The molecule has 0 fully saturated rings. The molecule has 0 saturated carbocycles. The molecule has 6 nitrogen and oxygen atoms in total. The molecule has 2 amide bonds. The Morgan fingerprint density at radius 1 is 1.08 bits per heavy atom. The van der Waals surface area contributed by atoms with E-state index in [0.29, 0.717) is 11.3 Å². The number of Topliss-reactive ketones (excluding diaryl/α,β-unsaturated/α-hetero) is 1. The fraction of sp³-hybridized carbons (Fsp3) is 0.167. The number of nitrogens with one attached hydrogen (secondary N) is 1. The van der Waals surface area contributed by atoms with Crippen molar-refractivity contribution >= 4 is 23.3 Å². The highest BCUT2D eigenvalue weighted by molar-refractivity contribution is 5.98. The van der Waals surface area contributed by atoms with Crippen LogP contribution in [0.4, 0.5) is 5.69 Å². The molecule has 24 heavy (non-hydrogen) atoms. The number of para-hydroxylation sites is 1. The van der Waals surface area contributed by atoms with Crippen molar-refractivity contribution in [3.8, 4) is 5.75 Å². The van der Waals surface area contributed by atoms with Crippen LogP contribution in [0.25, 0.3) is 0 Å². The lowest BCUT2D eigenvalue weighted by molar-refractivity contribution is -0.122. The summed E-state index contributed by atoms with van der Waals surface area (Å²) in [6, 6.07) is 13.0. The van der Waals surface area contributed by atoms with Gasteiger partial charge >= 0.3 is 0 Å². The van der Waals surface area contributed by atoms with Gasteiger partial charge in [0.25, 0.3) is 11.8 Å². The minimum Gasteiger partial charge on any atom is -0.480 e. The van der Waals surface area contributed by atoms with Gasteiger partial charge in [-0.15, -0.1) is 0 Å². The summed E-state index contributed by atoms with van der Waals surface area (Å²) >= 11 is 0. The van der Waals surface area contributed by atoms with E-state index in [2.05, 4.69) is 5.32 Å². The van der Waals surface area contributed by atoms with Crippen molar-refractivity contribution in [3.05, 3.63) is 59.7 Å². The van der Waals surface area contributed by atoms with Gasteiger partial charge in [0.1, 0.15) is 5.75 Å². The summed E-state index contributed by atoms with van der Waals surface area (Å²) < 4.78 is 5.54. The Bertz CT molecular complexity index is 786. The summed E-state index contributed by atoms with van der Waals surface area (Å²) in [5, 5.41) is 2.67. The van der Waals surface area contributed by atoms with Crippen LogP contribution in [0.2, 0.25) is 0 Å². The lowest BCUT2D eigenvalue weighted by atomic mass is 10.1. The van der Waals surface area contributed by atoms with Crippen LogP contribution in [-0.4, -0.2) is 23.7 Å². The van der Waals surface area contributed by atoms with Crippen molar-refractivity contribution in [2.75, 3.05) is 5.32 Å². The van der Waals surface area contributed by atoms with E-state index in [4.69, 9.17) is 10.5 Å². The van der Waals surface area contributed by atoms with Crippen LogP contribution >= 0.6 is 0 Å². The molecule has 0 radical (unpaired) electrons. The first kappa shape index (κ1) is 17.2. The van der Waals surface area contributed by atoms with Gasteiger partial charge in [-0.05, 0) is 38.1 Å². The maximum atomic E-state index is 12.2. The van der Waals surface area contributed by atoms with Crippen molar-refractivity contribution in [3.63, 3.8) is 0 Å². The number of nitrogens with two attached hydrogens (primary N) is 1. The van der Waals surface area contributed by atoms with E-state index < -0.39 is 17.9 Å². The number of ketones is 1. The molecule has 0 heterocycles. The van der Waals surface area contributed by atoms with Crippen LogP contribution in [0.5, 0.6) is 5.75 Å². The van der Waals surface area contributed by atoms with Gasteiger partial charge in [0.15, 0.2) is 11.9 Å². The van der Waals surface area contributed by atoms with Crippen molar-refractivity contribution in [2.45, 2.75) is 20.0 Å². The number of anilines is 1. The number of benzene rings is 2. The maximum Gasteiger partial charge on any atom is 0.265 e. The predicted octanol–water partition coefficient (Wildman–Crippen LogP) is 2.39. The Morgan fingerprint density at radius 3 is 2.46 bits per heavy atom. The van der Waals surface area contributed by atoms with Crippen LogP contribution in [0, 0.1) is 0 Å². The van der Waals surface area contributed by atoms with Crippen LogP contribution in [0.3, 0.4) is 0 Å². The van der Waals surface area contributed by atoms with E-state index in [-0.39, 0.29) is 17.1 Å². The highest BCUT2D eigenvalue weighted by Crippen LogP contribution is 2.19. The van der Waals surface area contributed by atoms with E-state index in [1.807, 2.05) is 0 Å². The average molecular weight is 326 g/mol. The smallest absolute Gasteiger partial charge is 0.265 e. The Hall–Kier alpha value is -3.15. The fourth-order valence-corrected chi connectivity index (χ4v) is 2.08. The molecule has 0 aliphatic carbocycles. The molecular formula is C18H18N2O4. The Morgan fingerprint density at radius 2 is 1.79 bits per heavy atom. The Balaban J connectivity index is 2.09. The van der Waals surface area contributed by atoms with Crippen LogP contribution in [0.15, 0.2) is 48.5 Å². The van der Waals surface area contributed by atoms with E-state index in [1.165, 1.54) is 13.0 Å². The number of carbonyl (C=O) groups excluding carboxylic acids is 3. The summed E-state index contributed by atoms with van der Waals surface area (Å²) in [6.07, 6.45) is -0.855. The molecular weight excluding hydrogens is 308 g/mol. The van der Waals surface area contributed by atoms with Crippen molar-refractivity contribution < 1.29 is 19.1 Å². The van der Waals surface area contributed by atoms with Crippen molar-refractivity contribution in [2.24, 2.45) is 5.73 Å². The topological polar surface area (TPSA) is 98.5 Å². The number of hydrogen-bond acceptors (Lipinski definition) is 4. The largest absolute Gasteiger partial charge is 0.480 e. The van der Waals surface area contributed by atoms with E-state index in [1.54, 1.807) is 49.4 Å². The zero-order valence-electron chi connectivity index (χ0n) is 13.4. The van der Waals surface area contributed by atoms with E-state index in [0.717, 1.165) is 0 Å². The lowest BCUT2D eigenvalue weighted by Crippen LogP contribution is -2.31. The zero-order valence-corrected chi connectivity index (χ0v) is 13.4. The standard InChI is InChI=1S/C18H18N2O4/c1-11(21)13-6-5-7-14(10-13)20-18(23)12(2)24-16-9-4-3-8-15(16)17(19)22/h3-10,12H,1-2H3,(H2,19,22)(H,20,23). The van der Waals surface area contributed by atoms with Crippen LogP contribution < -0.4 is 15.8 Å². The Kier molecular flexibility index (Phi) is 5.31. The molecule has 3 N–H and O–H groups in total. The molecule has 0 saturated heterocycles. The van der Waals surface area contributed by atoms with Gasteiger partial charge in [-0.3, -0.25) is 14.4 Å². The van der Waals surface area contributed by atoms with E-state index in [9.17, 15) is 14.4 Å². The van der Waals surface area contributed by atoms with Gasteiger partial charge in [0.2, 0.25) is 0 Å². The minimum absolute atomic E-state index is 0.0919. The molecule has 1 unspecified atom stereocenters. The minimum atomic E-state index is -0.855. The third-order valence-electron chi connectivity index (χ3n) is 3.36. The van der Waals surface area contributed by atoms with Gasteiger partial charge < -0.3 is 15.8 Å². The first-order chi connectivity index (χ1) is 11.4. The quantitative estimate of drug-likeness (QED) is 0.796. The van der Waals surface area contributed by atoms with E-state index >= 15 is 0 Å². The highest BCUT2D eigenvalue weighted by atomic mass is 16.5. The molecule has 0 aliphatic heterocycles. The van der Waals surface area contributed by atoms with Crippen LogP contribution in [-0.2, 0) is 4.79 Å². The first-order valence-corrected chi connectivity index (χ1v) is 7.36. The molecule has 2 aromatic carbocycles. The first-order valence-electron chi connectivity index (χ1n) is 7.36. The van der Waals surface area contributed by atoms with Crippen molar-refractivity contribution in [1.82, 2.24) is 0 Å².